The van der Waals surface area contributed by atoms with E-state index in [1.165, 1.54) is 18.2 Å². The van der Waals surface area contributed by atoms with Crippen molar-refractivity contribution < 1.29 is 13.2 Å². The van der Waals surface area contributed by atoms with Crippen LogP contribution in [0.5, 0.6) is 0 Å². The fraction of sp³-hybridized carbons (Fsp3) is 0.625. The van der Waals surface area contributed by atoms with Crippen LogP contribution in [-0.2, 0) is 14.8 Å². The predicted molar refractivity (Wildman–Crippen MR) is 95.2 cm³/mol. The van der Waals surface area contributed by atoms with Crippen LogP contribution >= 0.6 is 23.2 Å². The van der Waals surface area contributed by atoms with Gasteiger partial charge in [-0.15, -0.1) is 0 Å². The lowest BCUT2D eigenvalue weighted by atomic mass is 9.97. The molecule has 0 spiro atoms. The first-order valence-electron chi connectivity index (χ1n) is 8.22. The summed E-state index contributed by atoms with van der Waals surface area (Å²) >= 11 is 11.8. The molecule has 0 unspecified atom stereocenters. The summed E-state index contributed by atoms with van der Waals surface area (Å²) in [6.07, 6.45) is 1.77. The molecule has 134 valence electrons. The molecule has 2 aliphatic rings. The molecule has 3 rings (SSSR count). The summed E-state index contributed by atoms with van der Waals surface area (Å²) in [5.74, 6) is 0.545. The second kappa shape index (κ2) is 7.89. The summed E-state index contributed by atoms with van der Waals surface area (Å²) in [4.78, 5) is 2.63. The smallest absolute Gasteiger partial charge is 0.243 e. The number of morpholine rings is 1. The number of piperidine rings is 1. The molecule has 0 amide bonds. The van der Waals surface area contributed by atoms with Crippen molar-refractivity contribution in [3.05, 3.63) is 28.2 Å². The third-order valence-electron chi connectivity index (χ3n) is 4.72. The third-order valence-corrected chi connectivity index (χ3v) is 7.36. The summed E-state index contributed by atoms with van der Waals surface area (Å²) < 4.78 is 32.4. The van der Waals surface area contributed by atoms with E-state index < -0.39 is 10.0 Å². The van der Waals surface area contributed by atoms with E-state index in [9.17, 15) is 8.42 Å². The zero-order valence-electron chi connectivity index (χ0n) is 13.5. The lowest BCUT2D eigenvalue weighted by Gasteiger charge is -2.35. The van der Waals surface area contributed by atoms with Crippen LogP contribution in [0, 0.1) is 5.92 Å². The lowest BCUT2D eigenvalue weighted by Crippen LogP contribution is -2.44. The van der Waals surface area contributed by atoms with Crippen molar-refractivity contribution in [3.8, 4) is 0 Å². The highest BCUT2D eigenvalue weighted by Crippen LogP contribution is 2.29. The number of rotatable bonds is 4. The van der Waals surface area contributed by atoms with E-state index in [1.54, 1.807) is 4.31 Å². The van der Waals surface area contributed by atoms with Crippen LogP contribution in [0.1, 0.15) is 12.8 Å². The monoisotopic (exact) mass is 392 g/mol. The number of nitrogens with zero attached hydrogens (tertiary/aromatic N) is 2. The summed E-state index contributed by atoms with van der Waals surface area (Å²) in [5.41, 5.74) is 0. The Morgan fingerprint density at radius 3 is 2.33 bits per heavy atom. The molecule has 0 atom stereocenters. The average Bonchev–Trinajstić information content (AvgIpc) is 2.58. The van der Waals surface area contributed by atoms with E-state index >= 15 is 0 Å². The van der Waals surface area contributed by atoms with Crippen molar-refractivity contribution in [2.24, 2.45) is 5.92 Å². The second-order valence-corrected chi connectivity index (χ2v) is 9.09. The van der Waals surface area contributed by atoms with Crippen LogP contribution in [0.25, 0.3) is 0 Å². The van der Waals surface area contributed by atoms with Gasteiger partial charge in [0.1, 0.15) is 0 Å². The van der Waals surface area contributed by atoms with Gasteiger partial charge in [0.05, 0.1) is 28.2 Å². The molecular formula is C16H22Cl2N2O3S. The van der Waals surface area contributed by atoms with Gasteiger partial charge < -0.3 is 4.74 Å². The van der Waals surface area contributed by atoms with Gasteiger partial charge in [-0.25, -0.2) is 8.42 Å². The zero-order valence-corrected chi connectivity index (χ0v) is 15.8. The molecule has 0 bridgehead atoms. The predicted octanol–water partition coefficient (Wildman–Crippen LogP) is 2.73. The number of benzene rings is 1. The topological polar surface area (TPSA) is 49.9 Å². The second-order valence-electron chi connectivity index (χ2n) is 6.34. The minimum Gasteiger partial charge on any atom is -0.379 e. The van der Waals surface area contributed by atoms with Crippen molar-refractivity contribution in [3.63, 3.8) is 0 Å². The Balaban J connectivity index is 1.59. The van der Waals surface area contributed by atoms with E-state index in [-0.39, 0.29) is 9.92 Å². The largest absolute Gasteiger partial charge is 0.379 e. The SMILES string of the molecule is O=S(=O)(c1ccc(Cl)c(Cl)c1)N1CCC(CN2CCOCC2)CC1. The lowest BCUT2D eigenvalue weighted by molar-refractivity contribution is 0.0269. The van der Waals surface area contributed by atoms with Gasteiger partial charge in [-0.3, -0.25) is 4.90 Å². The van der Waals surface area contributed by atoms with Gasteiger partial charge in [0.15, 0.2) is 0 Å². The standard InChI is InChI=1S/C16H22Cl2N2O3S/c17-15-2-1-14(11-16(15)18)24(21,22)20-5-3-13(4-6-20)12-19-7-9-23-10-8-19/h1-2,11,13H,3-10,12H2. The Morgan fingerprint density at radius 1 is 1.04 bits per heavy atom. The molecular weight excluding hydrogens is 371 g/mol. The number of hydrogen-bond acceptors (Lipinski definition) is 4. The first-order chi connectivity index (χ1) is 11.5. The molecule has 2 saturated heterocycles. The molecule has 24 heavy (non-hydrogen) atoms. The molecule has 2 heterocycles. The van der Waals surface area contributed by atoms with Crippen LogP contribution in [-0.4, -0.2) is 63.6 Å². The summed E-state index contributed by atoms with van der Waals surface area (Å²) in [5, 5.41) is 0.625. The van der Waals surface area contributed by atoms with Crippen LogP contribution in [0.15, 0.2) is 23.1 Å². The number of hydrogen-bond donors (Lipinski definition) is 0. The maximum atomic E-state index is 12.7. The van der Waals surface area contributed by atoms with Gasteiger partial charge in [-0.05, 0) is 37.0 Å². The van der Waals surface area contributed by atoms with Crippen molar-refractivity contribution in [1.82, 2.24) is 9.21 Å². The summed E-state index contributed by atoms with van der Waals surface area (Å²) in [6, 6.07) is 4.48. The molecule has 2 fully saturated rings. The maximum Gasteiger partial charge on any atom is 0.243 e. The van der Waals surface area contributed by atoms with Crippen molar-refractivity contribution in [2.45, 2.75) is 17.7 Å². The van der Waals surface area contributed by atoms with Crippen LogP contribution < -0.4 is 0 Å². The molecule has 5 nitrogen and oxygen atoms in total. The molecule has 0 radical (unpaired) electrons. The highest BCUT2D eigenvalue weighted by Gasteiger charge is 2.30. The van der Waals surface area contributed by atoms with Crippen LogP contribution in [0.4, 0.5) is 0 Å². The fourth-order valence-corrected chi connectivity index (χ4v) is 5.13. The molecule has 1 aromatic carbocycles. The fourth-order valence-electron chi connectivity index (χ4n) is 3.27. The highest BCUT2D eigenvalue weighted by molar-refractivity contribution is 7.89. The molecule has 0 aliphatic carbocycles. The normalized spacial score (nSPS) is 21.9. The summed E-state index contributed by atoms with van der Waals surface area (Å²) in [6.45, 7) is 5.68. The molecule has 2 aliphatic heterocycles. The third kappa shape index (κ3) is 4.23. The molecule has 0 aromatic heterocycles. The van der Waals surface area contributed by atoms with E-state index in [2.05, 4.69) is 4.90 Å². The molecule has 0 N–H and O–H groups in total. The van der Waals surface area contributed by atoms with E-state index in [0.717, 1.165) is 45.7 Å². The van der Waals surface area contributed by atoms with Crippen LogP contribution in [0.3, 0.4) is 0 Å². The number of ether oxygens (including phenoxy) is 1. The Labute approximate surface area is 153 Å². The molecule has 1 aromatic rings. The minimum atomic E-state index is -3.50. The number of halogens is 2. The summed E-state index contributed by atoms with van der Waals surface area (Å²) in [7, 11) is -3.50. The van der Waals surface area contributed by atoms with Crippen molar-refractivity contribution in [2.75, 3.05) is 45.9 Å². The molecule has 0 saturated carbocycles. The first-order valence-corrected chi connectivity index (χ1v) is 10.4. The van der Waals surface area contributed by atoms with Gasteiger partial charge in [-0.1, -0.05) is 23.2 Å². The van der Waals surface area contributed by atoms with E-state index in [1.807, 2.05) is 0 Å². The van der Waals surface area contributed by atoms with Crippen molar-refractivity contribution >= 4 is 33.2 Å². The van der Waals surface area contributed by atoms with Crippen LogP contribution in [0.2, 0.25) is 10.0 Å². The quantitative estimate of drug-likeness (QED) is 0.790. The van der Waals surface area contributed by atoms with E-state index in [4.69, 9.17) is 27.9 Å². The minimum absolute atomic E-state index is 0.212. The van der Waals surface area contributed by atoms with Gasteiger partial charge >= 0.3 is 0 Å². The Bertz CT molecular complexity index is 670. The average molecular weight is 393 g/mol. The maximum absolute atomic E-state index is 12.7. The first kappa shape index (κ1) is 18.4. The molecule has 8 heteroatoms. The van der Waals surface area contributed by atoms with E-state index in [0.29, 0.717) is 24.0 Å². The van der Waals surface area contributed by atoms with Gasteiger partial charge in [0.25, 0.3) is 0 Å². The Kier molecular flexibility index (Phi) is 6.06. The Hall–Kier alpha value is -0.370. The number of sulfonamides is 1. The van der Waals surface area contributed by atoms with Gasteiger partial charge in [-0.2, -0.15) is 4.31 Å². The van der Waals surface area contributed by atoms with Gasteiger partial charge in [0.2, 0.25) is 10.0 Å². The highest BCUT2D eigenvalue weighted by atomic mass is 35.5. The van der Waals surface area contributed by atoms with Crippen molar-refractivity contribution in [1.29, 1.82) is 0 Å². The van der Waals surface area contributed by atoms with Gasteiger partial charge in [0, 0.05) is 32.7 Å². The zero-order chi connectivity index (χ0) is 17.2. The Morgan fingerprint density at radius 2 is 1.71 bits per heavy atom.